The number of rotatable bonds is 1. The number of anilines is 1. The van der Waals surface area contributed by atoms with Crippen LogP contribution in [-0.2, 0) is 16.0 Å². The van der Waals surface area contributed by atoms with Gasteiger partial charge >= 0.3 is 0 Å². The highest BCUT2D eigenvalue weighted by molar-refractivity contribution is 6.11. The summed E-state index contributed by atoms with van der Waals surface area (Å²) in [5.41, 5.74) is 0.772. The molecule has 0 unspecified atom stereocenters. The van der Waals surface area contributed by atoms with Crippen molar-refractivity contribution in [2.75, 3.05) is 11.4 Å². The van der Waals surface area contributed by atoms with Crippen LogP contribution in [0.4, 0.5) is 11.4 Å². The Morgan fingerprint density at radius 2 is 1.84 bits per heavy atom. The SMILES string of the molecule is O=C1CCCC(=O)C12Cc1cc([N+](=O)[O-])ccc1N1CCCCC[C@@H]12. The van der Waals surface area contributed by atoms with Crippen molar-refractivity contribution in [3.8, 4) is 0 Å². The first-order valence-electron chi connectivity index (χ1n) is 9.14. The summed E-state index contributed by atoms with van der Waals surface area (Å²) in [5.74, 6) is 0.0793. The molecule has 6 heteroatoms. The van der Waals surface area contributed by atoms with Crippen LogP contribution in [0.3, 0.4) is 0 Å². The van der Waals surface area contributed by atoms with Crippen LogP contribution in [-0.4, -0.2) is 29.1 Å². The topological polar surface area (TPSA) is 80.5 Å². The molecule has 0 radical (unpaired) electrons. The Hall–Kier alpha value is -2.24. The summed E-state index contributed by atoms with van der Waals surface area (Å²) < 4.78 is 0. The number of carbonyl (C=O) groups is 2. The monoisotopic (exact) mass is 342 g/mol. The average molecular weight is 342 g/mol. The van der Waals surface area contributed by atoms with Gasteiger partial charge in [0.2, 0.25) is 0 Å². The van der Waals surface area contributed by atoms with Crippen molar-refractivity contribution in [2.24, 2.45) is 5.41 Å². The van der Waals surface area contributed by atoms with Crippen molar-refractivity contribution in [3.63, 3.8) is 0 Å². The number of Topliss-reactive ketones (excluding diaryl/α,β-unsaturated/α-hetero) is 2. The number of non-ortho nitro benzene ring substituents is 1. The Morgan fingerprint density at radius 1 is 1.08 bits per heavy atom. The second-order valence-electron chi connectivity index (χ2n) is 7.48. The van der Waals surface area contributed by atoms with E-state index in [-0.39, 0.29) is 23.3 Å². The van der Waals surface area contributed by atoms with Crippen LogP contribution in [0.1, 0.15) is 50.5 Å². The van der Waals surface area contributed by atoms with Crippen LogP contribution < -0.4 is 4.90 Å². The first-order chi connectivity index (χ1) is 12.0. The van der Waals surface area contributed by atoms with E-state index >= 15 is 0 Å². The molecule has 2 heterocycles. The van der Waals surface area contributed by atoms with Gasteiger partial charge in [0.25, 0.3) is 5.69 Å². The fourth-order valence-corrected chi connectivity index (χ4v) is 5.01. The Kier molecular flexibility index (Phi) is 3.85. The Balaban J connectivity index is 1.89. The van der Waals surface area contributed by atoms with Gasteiger partial charge in [-0.2, -0.15) is 0 Å². The molecule has 2 fully saturated rings. The highest BCUT2D eigenvalue weighted by Crippen LogP contribution is 2.49. The van der Waals surface area contributed by atoms with Crippen molar-refractivity contribution < 1.29 is 14.5 Å². The molecule has 0 aromatic heterocycles. The highest BCUT2D eigenvalue weighted by Gasteiger charge is 2.56. The van der Waals surface area contributed by atoms with Gasteiger partial charge in [0, 0.05) is 43.2 Å². The van der Waals surface area contributed by atoms with Gasteiger partial charge in [0.15, 0.2) is 0 Å². The zero-order chi connectivity index (χ0) is 17.6. The predicted octanol–water partition coefficient (Wildman–Crippen LogP) is 3.21. The lowest BCUT2D eigenvalue weighted by molar-refractivity contribution is -0.384. The van der Waals surface area contributed by atoms with Crippen molar-refractivity contribution in [1.82, 2.24) is 0 Å². The molecule has 132 valence electrons. The number of nitrogens with zero attached hydrogens (tertiary/aromatic N) is 2. The molecule has 1 spiro atoms. The van der Waals surface area contributed by atoms with Crippen molar-refractivity contribution >= 4 is 22.9 Å². The van der Waals surface area contributed by atoms with Gasteiger partial charge in [0.1, 0.15) is 17.0 Å². The fraction of sp³-hybridized carbons (Fsp3) is 0.579. The Bertz CT molecular complexity index is 742. The van der Waals surface area contributed by atoms with E-state index in [1.54, 1.807) is 12.1 Å². The second-order valence-corrected chi connectivity index (χ2v) is 7.48. The van der Waals surface area contributed by atoms with E-state index in [0.29, 0.717) is 25.7 Å². The zero-order valence-electron chi connectivity index (χ0n) is 14.2. The third-order valence-corrected chi connectivity index (χ3v) is 6.18. The number of hydrogen-bond acceptors (Lipinski definition) is 5. The summed E-state index contributed by atoms with van der Waals surface area (Å²) in [7, 11) is 0. The normalized spacial score (nSPS) is 25.3. The molecule has 1 saturated heterocycles. The molecular weight excluding hydrogens is 320 g/mol. The lowest BCUT2D eigenvalue weighted by atomic mass is 9.61. The molecule has 4 rings (SSSR count). The van der Waals surface area contributed by atoms with Crippen molar-refractivity contribution in [3.05, 3.63) is 33.9 Å². The predicted molar refractivity (Wildman–Crippen MR) is 92.7 cm³/mol. The summed E-state index contributed by atoms with van der Waals surface area (Å²) in [4.78, 5) is 39.0. The van der Waals surface area contributed by atoms with Gasteiger partial charge in [-0.05, 0) is 37.3 Å². The summed E-state index contributed by atoms with van der Waals surface area (Å²) in [6.07, 6.45) is 5.82. The largest absolute Gasteiger partial charge is 0.367 e. The molecule has 25 heavy (non-hydrogen) atoms. The highest BCUT2D eigenvalue weighted by atomic mass is 16.6. The quantitative estimate of drug-likeness (QED) is 0.445. The maximum absolute atomic E-state index is 13.0. The van der Waals surface area contributed by atoms with E-state index in [1.807, 2.05) is 0 Å². The maximum Gasteiger partial charge on any atom is 0.269 e. The number of ketones is 2. The summed E-state index contributed by atoms with van der Waals surface area (Å²) >= 11 is 0. The van der Waals surface area contributed by atoms with E-state index in [4.69, 9.17) is 0 Å². The van der Waals surface area contributed by atoms with E-state index in [1.165, 1.54) is 6.07 Å². The maximum atomic E-state index is 13.0. The summed E-state index contributed by atoms with van der Waals surface area (Å²) in [6.45, 7) is 0.803. The standard InChI is InChI=1S/C19H22N2O4/c22-17-6-4-7-18(23)19(17)12-13-11-14(21(24)25)8-9-15(13)20-10-3-1-2-5-16(19)20/h8-9,11,16H,1-7,10,12H2/t16-/m1/s1. The minimum atomic E-state index is -0.995. The summed E-state index contributed by atoms with van der Waals surface area (Å²) in [6, 6.07) is 4.80. The lowest BCUT2D eigenvalue weighted by Gasteiger charge is -2.50. The number of nitro benzene ring substituents is 1. The third-order valence-electron chi connectivity index (χ3n) is 6.18. The van der Waals surface area contributed by atoms with Crippen LogP contribution in [0, 0.1) is 15.5 Å². The van der Waals surface area contributed by atoms with Crippen LogP contribution in [0.2, 0.25) is 0 Å². The molecule has 0 N–H and O–H groups in total. The van der Waals surface area contributed by atoms with Gasteiger partial charge in [-0.15, -0.1) is 0 Å². The fourth-order valence-electron chi connectivity index (χ4n) is 5.01. The molecule has 6 nitrogen and oxygen atoms in total. The molecule has 2 aliphatic heterocycles. The first kappa shape index (κ1) is 16.2. The lowest BCUT2D eigenvalue weighted by Crippen LogP contribution is -2.61. The molecule has 1 aromatic carbocycles. The smallest absolute Gasteiger partial charge is 0.269 e. The molecule has 1 aliphatic carbocycles. The van der Waals surface area contributed by atoms with Crippen LogP contribution in [0.5, 0.6) is 0 Å². The van der Waals surface area contributed by atoms with Crippen molar-refractivity contribution in [1.29, 1.82) is 0 Å². The van der Waals surface area contributed by atoms with Gasteiger partial charge < -0.3 is 4.90 Å². The number of hydrogen-bond donors (Lipinski definition) is 0. The molecule has 0 bridgehead atoms. The van der Waals surface area contributed by atoms with E-state index in [9.17, 15) is 19.7 Å². The van der Waals surface area contributed by atoms with Gasteiger partial charge in [-0.3, -0.25) is 19.7 Å². The van der Waals surface area contributed by atoms with Crippen molar-refractivity contribution in [2.45, 2.75) is 57.4 Å². The van der Waals surface area contributed by atoms with E-state index in [0.717, 1.165) is 43.5 Å². The van der Waals surface area contributed by atoms with E-state index in [2.05, 4.69) is 4.90 Å². The first-order valence-corrected chi connectivity index (χ1v) is 9.14. The van der Waals surface area contributed by atoms with Crippen LogP contribution in [0.15, 0.2) is 18.2 Å². The molecule has 1 saturated carbocycles. The molecule has 1 aromatic rings. The van der Waals surface area contributed by atoms with Gasteiger partial charge in [-0.1, -0.05) is 12.8 Å². The molecule has 3 aliphatic rings. The number of carbonyl (C=O) groups excluding carboxylic acids is 2. The van der Waals surface area contributed by atoms with E-state index < -0.39 is 10.3 Å². The second kappa shape index (κ2) is 5.93. The zero-order valence-corrected chi connectivity index (χ0v) is 14.2. The third kappa shape index (κ3) is 2.38. The van der Waals surface area contributed by atoms with Gasteiger partial charge in [-0.25, -0.2) is 0 Å². The molecular formula is C19H22N2O4. The molecule has 0 amide bonds. The summed E-state index contributed by atoms with van der Waals surface area (Å²) in [5, 5.41) is 11.2. The van der Waals surface area contributed by atoms with Gasteiger partial charge in [0.05, 0.1) is 4.92 Å². The number of benzene rings is 1. The molecule has 1 atom stereocenters. The van der Waals surface area contributed by atoms with Crippen LogP contribution >= 0.6 is 0 Å². The minimum absolute atomic E-state index is 0.0258. The Morgan fingerprint density at radius 3 is 2.56 bits per heavy atom. The minimum Gasteiger partial charge on any atom is -0.367 e. The number of fused-ring (bicyclic) bond motifs is 4. The Labute approximate surface area is 146 Å². The number of nitro groups is 1. The van der Waals surface area contributed by atoms with Crippen LogP contribution in [0.25, 0.3) is 0 Å². The average Bonchev–Trinajstić information content (AvgIpc) is 2.85.